The van der Waals surface area contributed by atoms with E-state index in [0.717, 1.165) is 46.9 Å². The van der Waals surface area contributed by atoms with E-state index >= 15 is 0 Å². The molecule has 0 aliphatic rings. The summed E-state index contributed by atoms with van der Waals surface area (Å²) in [7, 11) is 7.14. The molecule has 29 heavy (non-hydrogen) atoms. The van der Waals surface area contributed by atoms with E-state index in [0.29, 0.717) is 6.54 Å². The fourth-order valence-corrected chi connectivity index (χ4v) is 3.31. The normalized spacial score (nSPS) is 11.4. The first-order chi connectivity index (χ1) is 14.2. The van der Waals surface area contributed by atoms with E-state index in [1.54, 1.807) is 21.3 Å². The summed E-state index contributed by atoms with van der Waals surface area (Å²) in [6.07, 6.45) is 2.70. The van der Waals surface area contributed by atoms with E-state index in [1.165, 1.54) is 5.56 Å². The highest BCUT2D eigenvalue weighted by Gasteiger charge is 2.09. The Bertz CT molecular complexity index is 982. The summed E-state index contributed by atoms with van der Waals surface area (Å²) in [5.74, 6) is 2.34. The predicted octanol–water partition coefficient (Wildman–Crippen LogP) is 3.50. The molecule has 0 aliphatic carbocycles. The number of nitrogens with zero attached hydrogens (tertiary/aromatic N) is 3. The van der Waals surface area contributed by atoms with Crippen molar-refractivity contribution in [3.8, 4) is 11.5 Å². The van der Waals surface area contributed by atoms with E-state index in [-0.39, 0.29) is 0 Å². The van der Waals surface area contributed by atoms with Gasteiger partial charge in [-0.15, -0.1) is 0 Å². The van der Waals surface area contributed by atoms with Crippen LogP contribution in [0.15, 0.2) is 59.7 Å². The Kier molecular flexibility index (Phi) is 6.89. The molecule has 0 atom stereocenters. The summed E-state index contributed by atoms with van der Waals surface area (Å²) in [6.45, 7) is 1.49. The topological polar surface area (TPSA) is 59.0 Å². The first-order valence-corrected chi connectivity index (χ1v) is 9.61. The molecule has 0 fully saturated rings. The van der Waals surface area contributed by atoms with Gasteiger partial charge in [-0.1, -0.05) is 30.3 Å². The second kappa shape index (κ2) is 9.78. The minimum atomic E-state index is 0.668. The van der Waals surface area contributed by atoms with E-state index < -0.39 is 0 Å². The number of rotatable bonds is 7. The van der Waals surface area contributed by atoms with Crippen molar-refractivity contribution < 1.29 is 9.47 Å². The maximum absolute atomic E-state index is 5.39. The van der Waals surface area contributed by atoms with Crippen molar-refractivity contribution in [1.82, 2.24) is 15.2 Å². The van der Waals surface area contributed by atoms with Crippen LogP contribution in [0.1, 0.15) is 11.1 Å². The minimum Gasteiger partial charge on any atom is -0.493 e. The summed E-state index contributed by atoms with van der Waals surface area (Å²) in [5.41, 5.74) is 3.35. The number of aliphatic imine (C=N–C) groups is 1. The van der Waals surface area contributed by atoms with Gasteiger partial charge in [0.1, 0.15) is 0 Å². The molecule has 0 amide bonds. The standard InChI is InChI=1S/C23H28N4O2/c1-24-23(26-16-19-8-5-7-18-9-6-13-25-22(18)19)27(2)14-12-17-10-11-20(28-3)21(15-17)29-4/h5-11,13,15H,12,14,16H2,1-4H3,(H,24,26). The Morgan fingerprint density at radius 1 is 1.07 bits per heavy atom. The number of methoxy groups -OCH3 is 2. The fraction of sp³-hybridized carbons (Fsp3) is 0.304. The van der Waals surface area contributed by atoms with Crippen LogP contribution in [0.2, 0.25) is 0 Å². The van der Waals surface area contributed by atoms with Gasteiger partial charge in [0.05, 0.1) is 19.7 Å². The molecule has 152 valence electrons. The molecule has 6 heteroatoms. The first-order valence-electron chi connectivity index (χ1n) is 9.61. The Hall–Kier alpha value is -3.28. The van der Waals surface area contributed by atoms with Gasteiger partial charge in [0.15, 0.2) is 17.5 Å². The van der Waals surface area contributed by atoms with Crippen LogP contribution < -0.4 is 14.8 Å². The fourth-order valence-electron chi connectivity index (χ4n) is 3.31. The molecule has 3 aromatic rings. The van der Waals surface area contributed by atoms with Crippen molar-refractivity contribution in [2.75, 3.05) is 34.9 Å². The SMILES string of the molecule is CN=C(NCc1cccc2cccnc12)N(C)CCc1ccc(OC)c(OC)c1. The van der Waals surface area contributed by atoms with Gasteiger partial charge in [-0.25, -0.2) is 0 Å². The third-order valence-electron chi connectivity index (χ3n) is 4.91. The highest BCUT2D eigenvalue weighted by Crippen LogP contribution is 2.27. The van der Waals surface area contributed by atoms with E-state index in [2.05, 4.69) is 50.5 Å². The van der Waals surface area contributed by atoms with Crippen LogP contribution in [0.3, 0.4) is 0 Å². The largest absolute Gasteiger partial charge is 0.493 e. The molecule has 3 rings (SSSR count). The lowest BCUT2D eigenvalue weighted by molar-refractivity contribution is 0.354. The number of para-hydroxylation sites is 1. The number of nitrogens with one attached hydrogen (secondary N) is 1. The molecular formula is C23H28N4O2. The Morgan fingerprint density at radius 3 is 2.62 bits per heavy atom. The Labute approximate surface area is 172 Å². The first kappa shape index (κ1) is 20.5. The molecule has 0 bridgehead atoms. The van der Waals surface area contributed by atoms with Gasteiger partial charge in [-0.3, -0.25) is 9.98 Å². The van der Waals surface area contributed by atoms with Crippen molar-refractivity contribution in [3.63, 3.8) is 0 Å². The predicted molar refractivity (Wildman–Crippen MR) is 118 cm³/mol. The lowest BCUT2D eigenvalue weighted by Gasteiger charge is -2.22. The number of benzene rings is 2. The van der Waals surface area contributed by atoms with Gasteiger partial charge < -0.3 is 19.7 Å². The Morgan fingerprint density at radius 2 is 1.86 bits per heavy atom. The summed E-state index contributed by atoms with van der Waals surface area (Å²) < 4.78 is 10.7. The maximum atomic E-state index is 5.39. The zero-order valence-corrected chi connectivity index (χ0v) is 17.5. The van der Waals surface area contributed by atoms with Crippen molar-refractivity contribution >= 4 is 16.9 Å². The van der Waals surface area contributed by atoms with Gasteiger partial charge in [0.25, 0.3) is 0 Å². The quantitative estimate of drug-likeness (QED) is 0.493. The number of guanidine groups is 1. The molecule has 0 spiro atoms. The Balaban J connectivity index is 1.61. The molecule has 1 aromatic heterocycles. The monoisotopic (exact) mass is 392 g/mol. The van der Waals surface area contributed by atoms with Gasteiger partial charge >= 0.3 is 0 Å². The second-order valence-corrected chi connectivity index (χ2v) is 6.75. The minimum absolute atomic E-state index is 0.668. The number of hydrogen-bond acceptors (Lipinski definition) is 4. The van der Waals surface area contributed by atoms with E-state index in [1.807, 2.05) is 31.4 Å². The smallest absolute Gasteiger partial charge is 0.193 e. The van der Waals surface area contributed by atoms with Gasteiger partial charge in [0, 0.05) is 38.8 Å². The van der Waals surface area contributed by atoms with Crippen molar-refractivity contribution in [2.45, 2.75) is 13.0 Å². The van der Waals surface area contributed by atoms with Crippen molar-refractivity contribution in [3.05, 3.63) is 65.9 Å². The number of likely N-dealkylation sites (N-methyl/N-ethyl adjacent to an activating group) is 1. The number of fused-ring (bicyclic) bond motifs is 1. The number of pyridine rings is 1. The van der Waals surface area contributed by atoms with Crippen LogP contribution in [0.5, 0.6) is 11.5 Å². The van der Waals surface area contributed by atoms with E-state index in [4.69, 9.17) is 9.47 Å². The summed E-state index contributed by atoms with van der Waals surface area (Å²) in [6, 6.07) is 16.3. The molecule has 1 N–H and O–H groups in total. The molecule has 0 saturated heterocycles. The summed E-state index contributed by atoms with van der Waals surface area (Å²) >= 11 is 0. The third-order valence-corrected chi connectivity index (χ3v) is 4.91. The maximum Gasteiger partial charge on any atom is 0.193 e. The lowest BCUT2D eigenvalue weighted by atomic mass is 10.1. The molecule has 2 aromatic carbocycles. The molecule has 0 unspecified atom stereocenters. The zero-order chi connectivity index (χ0) is 20.6. The van der Waals surface area contributed by atoms with Crippen LogP contribution >= 0.6 is 0 Å². The zero-order valence-electron chi connectivity index (χ0n) is 17.5. The molecule has 0 radical (unpaired) electrons. The highest BCUT2D eigenvalue weighted by atomic mass is 16.5. The molecule has 0 aliphatic heterocycles. The summed E-state index contributed by atoms with van der Waals surface area (Å²) in [4.78, 5) is 11.1. The molecule has 1 heterocycles. The number of aromatic nitrogens is 1. The van der Waals surface area contributed by atoms with Crippen molar-refractivity contribution in [2.24, 2.45) is 4.99 Å². The third kappa shape index (κ3) is 4.96. The highest BCUT2D eigenvalue weighted by molar-refractivity contribution is 5.83. The van der Waals surface area contributed by atoms with Gasteiger partial charge in [-0.2, -0.15) is 0 Å². The molecular weight excluding hydrogens is 364 g/mol. The second-order valence-electron chi connectivity index (χ2n) is 6.75. The molecule has 6 nitrogen and oxygen atoms in total. The number of hydrogen-bond donors (Lipinski definition) is 1. The number of ether oxygens (including phenoxy) is 2. The van der Waals surface area contributed by atoms with Crippen molar-refractivity contribution in [1.29, 1.82) is 0 Å². The lowest BCUT2D eigenvalue weighted by Crippen LogP contribution is -2.39. The van der Waals surface area contributed by atoms with E-state index in [9.17, 15) is 0 Å². The van der Waals surface area contributed by atoms with Crippen LogP contribution in [0.25, 0.3) is 10.9 Å². The average molecular weight is 393 g/mol. The van der Waals surface area contributed by atoms with Crippen LogP contribution in [-0.2, 0) is 13.0 Å². The molecule has 0 saturated carbocycles. The van der Waals surface area contributed by atoms with Gasteiger partial charge in [0.2, 0.25) is 0 Å². The summed E-state index contributed by atoms with van der Waals surface area (Å²) in [5, 5.41) is 4.59. The van der Waals surface area contributed by atoms with Crippen LogP contribution in [-0.4, -0.2) is 50.7 Å². The van der Waals surface area contributed by atoms with Crippen LogP contribution in [0.4, 0.5) is 0 Å². The average Bonchev–Trinajstić information content (AvgIpc) is 2.77. The van der Waals surface area contributed by atoms with Gasteiger partial charge in [-0.05, 0) is 35.7 Å². The van der Waals surface area contributed by atoms with Crippen LogP contribution in [0, 0.1) is 0 Å².